The molecule has 0 saturated heterocycles. The van der Waals surface area contributed by atoms with E-state index in [9.17, 15) is 0 Å². The van der Waals surface area contributed by atoms with E-state index in [1.54, 1.807) is 0 Å². The Bertz CT molecular complexity index is 7900. The summed E-state index contributed by atoms with van der Waals surface area (Å²) in [5, 5.41) is 12.9. The third-order valence-electron chi connectivity index (χ3n) is 22.8. The fourth-order valence-electron chi connectivity index (χ4n) is 17.4. The van der Waals surface area contributed by atoms with Crippen molar-refractivity contribution in [2.75, 3.05) is 0 Å². The molecule has 23 aromatic rings. The minimum absolute atomic E-state index is 0.529. The summed E-state index contributed by atoms with van der Waals surface area (Å²) in [4.78, 5) is 53.8. The topological polar surface area (TPSA) is 139 Å². The third-order valence-corrected chi connectivity index (χ3v) is 22.8. The maximum atomic E-state index is 5.67. The van der Waals surface area contributed by atoms with Crippen LogP contribution >= 0.6 is 0 Å². The Kier molecular flexibility index (Phi) is 16.0. The van der Waals surface area contributed by atoms with Crippen molar-refractivity contribution in [2.45, 2.75) is 0 Å². The first-order valence-corrected chi connectivity index (χ1v) is 39.5. The van der Waals surface area contributed by atoms with Gasteiger partial charge in [0.15, 0.2) is 34.9 Å². The van der Waals surface area contributed by atoms with Gasteiger partial charge in [-0.1, -0.05) is 346 Å². The molecule has 548 valence electrons. The summed E-state index contributed by atoms with van der Waals surface area (Å²) in [5.41, 5.74) is 20.5. The molecule has 12 heteroatoms. The fraction of sp³-hybridized carbons (Fsp3) is 0. The average molecular weight is 1510 g/mol. The molecule has 12 nitrogen and oxygen atoms in total. The third kappa shape index (κ3) is 11.4. The molecule has 0 atom stereocenters. The van der Waals surface area contributed by atoms with E-state index in [-0.39, 0.29) is 0 Å². The van der Waals surface area contributed by atoms with E-state index in [2.05, 4.69) is 300 Å². The van der Waals surface area contributed by atoms with Gasteiger partial charge >= 0.3 is 0 Å². The summed E-state index contributed by atoms with van der Waals surface area (Å²) < 4.78 is 4.59. The Morgan fingerprint density at radius 2 is 0.508 bits per heavy atom. The predicted octanol–water partition coefficient (Wildman–Crippen LogP) is 25.9. The molecular weight excluding hydrogens is 1440 g/mol. The van der Waals surface area contributed by atoms with Gasteiger partial charge in [0.2, 0.25) is 11.9 Å². The van der Waals surface area contributed by atoms with E-state index in [1.165, 1.54) is 0 Å². The van der Waals surface area contributed by atoms with Crippen LogP contribution in [0.2, 0.25) is 0 Å². The molecule has 0 aliphatic heterocycles. The number of rotatable bonds is 13. The predicted molar refractivity (Wildman–Crippen MR) is 480 cm³/mol. The van der Waals surface area contributed by atoms with Crippen molar-refractivity contribution < 1.29 is 0 Å². The zero-order chi connectivity index (χ0) is 77.7. The lowest BCUT2D eigenvalue weighted by molar-refractivity contribution is 1.01. The first-order chi connectivity index (χ1) is 58.5. The summed E-state index contributed by atoms with van der Waals surface area (Å²) in [7, 11) is 0. The summed E-state index contributed by atoms with van der Waals surface area (Å²) in [6.45, 7) is 0. The maximum absolute atomic E-state index is 5.67. The van der Waals surface area contributed by atoms with Crippen LogP contribution in [0.25, 0.3) is 234 Å². The monoisotopic (exact) mass is 1500 g/mol. The van der Waals surface area contributed by atoms with Crippen LogP contribution in [0, 0.1) is 0 Å². The summed E-state index contributed by atoms with van der Waals surface area (Å²) in [6, 6.07) is 136. The summed E-state index contributed by atoms with van der Waals surface area (Å²) in [5.74, 6) is 4.51. The van der Waals surface area contributed by atoms with E-state index in [0.29, 0.717) is 46.8 Å². The molecule has 0 spiro atoms. The van der Waals surface area contributed by atoms with Gasteiger partial charge in [0.05, 0.1) is 44.5 Å². The highest BCUT2D eigenvalue weighted by Gasteiger charge is 2.28. The molecule has 0 aliphatic carbocycles. The molecule has 118 heavy (non-hydrogen) atoms. The molecule has 0 saturated carbocycles. The lowest BCUT2D eigenvalue weighted by atomic mass is 9.92. The zero-order valence-electron chi connectivity index (χ0n) is 63.3. The largest absolute Gasteiger partial charge is 0.277 e. The highest BCUT2D eigenvalue weighted by atomic mass is 15.2. The number of aromatic nitrogens is 12. The molecule has 0 fully saturated rings. The van der Waals surface area contributed by atoms with E-state index >= 15 is 0 Å². The molecule has 6 aromatic heterocycles. The van der Waals surface area contributed by atoms with Crippen LogP contribution in [0.5, 0.6) is 0 Å². The number of hydrogen-bond acceptors (Lipinski definition) is 10. The Balaban J connectivity index is 0.698. The van der Waals surface area contributed by atoms with Gasteiger partial charge in [0, 0.05) is 88.0 Å². The van der Waals surface area contributed by atoms with Crippen molar-refractivity contribution >= 4 is 97.7 Å². The summed E-state index contributed by atoms with van der Waals surface area (Å²) >= 11 is 0. The van der Waals surface area contributed by atoms with Gasteiger partial charge in [-0.25, -0.2) is 49.8 Å². The molecule has 0 bridgehead atoms. The van der Waals surface area contributed by atoms with Crippen molar-refractivity contribution in [1.29, 1.82) is 0 Å². The Morgan fingerprint density at radius 3 is 0.966 bits per heavy atom. The lowest BCUT2D eigenvalue weighted by Gasteiger charge is -2.15. The second kappa shape index (κ2) is 27.9. The highest BCUT2D eigenvalue weighted by Crippen LogP contribution is 2.49. The van der Waals surface area contributed by atoms with Gasteiger partial charge in [-0.15, -0.1) is 0 Å². The molecule has 17 aromatic carbocycles. The Hall–Kier alpha value is -16.2. The van der Waals surface area contributed by atoms with E-state index in [1.807, 2.05) is 97.1 Å². The fourth-order valence-corrected chi connectivity index (χ4v) is 17.4. The average Bonchev–Trinajstić information content (AvgIpc) is 1.55. The minimum Gasteiger partial charge on any atom is -0.277 e. The van der Waals surface area contributed by atoms with Crippen molar-refractivity contribution in [3.63, 3.8) is 0 Å². The maximum Gasteiger partial charge on any atom is 0.235 e. The number of nitrogens with zero attached hydrogens (tertiary/aromatic N) is 12. The van der Waals surface area contributed by atoms with Crippen LogP contribution in [0.15, 0.2) is 388 Å². The van der Waals surface area contributed by atoms with Gasteiger partial charge in [-0.05, 0) is 97.0 Å². The SMILES string of the molecule is c1ccc(-c2nc(-c3ccccc3)nc(-c3ccc(-c4c5ccccc5cc5c6c(-c7cccc(-c8nc(-c9ccccc9)nc(-c9ccc(-c%10c%11ccccc%11cc%11c%12c%13ccccc%13ccc%12n(-c%12nc(-c%13ccccc%13)c%13ccccc%13n%12)c%10%11)cc9)n8)c7)cccc6n(-c6nc(-c7ccccc7)c7ccccc7n6)c45)cc3)n2)cc1. The number of hydrogen-bond donors (Lipinski definition) is 0. The normalized spacial score (nSPS) is 11.7. The number of para-hydroxylation sites is 2. The highest BCUT2D eigenvalue weighted by molar-refractivity contribution is 6.28. The first kappa shape index (κ1) is 67.5. The van der Waals surface area contributed by atoms with Gasteiger partial charge in [-0.3, -0.25) is 9.13 Å². The van der Waals surface area contributed by atoms with Gasteiger partial charge in [-0.2, -0.15) is 0 Å². The van der Waals surface area contributed by atoms with Crippen LogP contribution < -0.4 is 0 Å². The molecule has 0 radical (unpaired) electrons. The van der Waals surface area contributed by atoms with Crippen molar-refractivity contribution in [3.8, 4) is 136 Å². The second-order valence-corrected chi connectivity index (χ2v) is 29.7. The lowest BCUT2D eigenvalue weighted by Crippen LogP contribution is -2.04. The standard InChI is InChI=1S/C106H64N12/c1-6-29-68(30-7-1)95-83-46-22-24-49-87(83)107-105(109-95)117-89-51-27-48-82(94(89)86-64-77-40-18-20-44-80(77)91(97(86)117)66-52-56-73(57-53-66)102-112-99(70-33-10-3-11-34-70)111-100(113-102)71-35-12-4-13-36-71)75-41-26-42-78(62-75)104-115-101(72-37-14-5-15-38-72)114-103(116-104)74-58-54-67(55-59-74)92-81-45-21-17-39-76(81)63-85-93-79-43-19-16-28-65(79)60-61-90(93)118(98(85)92)106-108-88-50-25-23-47-84(88)96(110-106)69-31-8-2-9-32-69/h1-64H. The molecule has 6 heterocycles. The van der Waals surface area contributed by atoms with Crippen LogP contribution in [0.4, 0.5) is 0 Å². The molecule has 0 amide bonds. The molecule has 0 N–H and O–H groups in total. The number of fused-ring (bicyclic) bond motifs is 12. The van der Waals surface area contributed by atoms with Crippen LogP contribution in [-0.2, 0) is 0 Å². The van der Waals surface area contributed by atoms with Crippen molar-refractivity contribution in [1.82, 2.24) is 59.0 Å². The smallest absolute Gasteiger partial charge is 0.235 e. The van der Waals surface area contributed by atoms with Gasteiger partial charge < -0.3 is 0 Å². The molecule has 0 unspecified atom stereocenters. The van der Waals surface area contributed by atoms with Crippen LogP contribution in [0.1, 0.15) is 0 Å². The zero-order valence-corrected chi connectivity index (χ0v) is 63.3. The Labute approximate surface area is 676 Å². The Morgan fingerprint density at radius 1 is 0.178 bits per heavy atom. The molecule has 23 rings (SSSR count). The van der Waals surface area contributed by atoms with Crippen LogP contribution in [-0.4, -0.2) is 59.0 Å². The van der Waals surface area contributed by atoms with Crippen molar-refractivity contribution in [3.05, 3.63) is 388 Å². The van der Waals surface area contributed by atoms with E-state index in [4.69, 9.17) is 49.8 Å². The minimum atomic E-state index is 0.529. The summed E-state index contributed by atoms with van der Waals surface area (Å²) in [6.07, 6.45) is 0. The number of benzene rings is 17. The van der Waals surface area contributed by atoms with E-state index < -0.39 is 0 Å². The van der Waals surface area contributed by atoms with Crippen molar-refractivity contribution in [2.24, 2.45) is 0 Å². The van der Waals surface area contributed by atoms with Crippen LogP contribution in [0.3, 0.4) is 0 Å². The molecular formula is C106H64N12. The van der Waals surface area contributed by atoms with Gasteiger partial charge in [0.1, 0.15) is 0 Å². The van der Waals surface area contributed by atoms with E-state index in [0.717, 1.165) is 187 Å². The second-order valence-electron chi connectivity index (χ2n) is 29.7. The van der Waals surface area contributed by atoms with Gasteiger partial charge in [0.25, 0.3) is 0 Å². The molecule has 0 aliphatic rings. The quantitative estimate of drug-likeness (QED) is 0.110. The first-order valence-electron chi connectivity index (χ1n) is 39.5.